The average molecular weight is 189 g/mol. The lowest BCUT2D eigenvalue weighted by Crippen LogP contribution is -1.98. The van der Waals surface area contributed by atoms with Crippen molar-refractivity contribution >= 4 is 17.0 Å². The molecule has 5 nitrogen and oxygen atoms in total. The summed E-state index contributed by atoms with van der Waals surface area (Å²) in [4.78, 5) is 10.8. The molecule has 1 heterocycles. The maximum Gasteiger partial charge on any atom is 0.341 e. The number of methoxy groups -OCH3 is 1. The lowest BCUT2D eigenvalue weighted by atomic mass is 10.3. The Labute approximate surface area is 70.6 Å². The third-order valence-electron chi connectivity index (χ3n) is 1.16. The molecule has 0 aliphatic rings. The van der Waals surface area contributed by atoms with Gasteiger partial charge < -0.3 is 13.7 Å². The second kappa shape index (κ2) is 3.51. The molecule has 0 spiro atoms. The predicted molar refractivity (Wildman–Crippen MR) is 37.2 cm³/mol. The van der Waals surface area contributed by atoms with Crippen LogP contribution in [0.3, 0.4) is 0 Å². The Bertz CT molecular complexity index is 315. The van der Waals surface area contributed by atoms with Gasteiger partial charge >= 0.3 is 5.97 Å². The van der Waals surface area contributed by atoms with Crippen LogP contribution in [0.4, 0.5) is 0 Å². The predicted octanol–water partition coefficient (Wildman–Crippen LogP) is 0.304. The molecule has 0 aliphatic heterocycles. The minimum atomic E-state index is -2.45. The second-order valence-electron chi connectivity index (χ2n) is 1.88. The molecule has 0 saturated heterocycles. The van der Waals surface area contributed by atoms with Crippen LogP contribution >= 0.6 is 0 Å². The Morgan fingerprint density at radius 3 is 2.83 bits per heavy atom. The summed E-state index contributed by atoms with van der Waals surface area (Å²) in [5.74, 6) is -0.629. The summed E-state index contributed by atoms with van der Waals surface area (Å²) >= 11 is -2.45. The van der Waals surface area contributed by atoms with E-state index < -0.39 is 17.0 Å². The van der Waals surface area contributed by atoms with Gasteiger partial charge in [0.05, 0.1) is 12.7 Å². The van der Waals surface area contributed by atoms with Crippen LogP contribution in [-0.4, -0.2) is 21.8 Å². The van der Waals surface area contributed by atoms with Crippen molar-refractivity contribution < 1.29 is 22.7 Å². The number of furan rings is 1. The van der Waals surface area contributed by atoms with Gasteiger partial charge in [-0.15, -0.1) is 0 Å². The molecular formula is C6H5O5S-. The van der Waals surface area contributed by atoms with Crippen molar-refractivity contribution in [3.8, 4) is 0 Å². The molecule has 0 N–H and O–H groups in total. The summed E-state index contributed by atoms with van der Waals surface area (Å²) in [5.41, 5.74) is 0.0803. The van der Waals surface area contributed by atoms with Gasteiger partial charge in [-0.25, -0.2) is 4.79 Å². The molecular weight excluding hydrogens is 184 g/mol. The molecule has 1 atom stereocenters. The second-order valence-corrected chi connectivity index (χ2v) is 2.75. The van der Waals surface area contributed by atoms with E-state index in [0.717, 1.165) is 12.3 Å². The van der Waals surface area contributed by atoms with Gasteiger partial charge in [0.2, 0.25) is 0 Å². The van der Waals surface area contributed by atoms with Crippen molar-refractivity contribution in [1.82, 2.24) is 0 Å². The SMILES string of the molecule is COC(=O)c1coc(S(=O)[O-])c1. The van der Waals surface area contributed by atoms with Crippen LogP contribution in [0.2, 0.25) is 0 Å². The van der Waals surface area contributed by atoms with Gasteiger partial charge in [-0.1, -0.05) is 0 Å². The van der Waals surface area contributed by atoms with E-state index >= 15 is 0 Å². The van der Waals surface area contributed by atoms with Gasteiger partial charge in [-0.3, -0.25) is 4.21 Å². The first-order valence-corrected chi connectivity index (χ1v) is 3.98. The normalized spacial score (nSPS) is 12.5. The fourth-order valence-corrected chi connectivity index (χ4v) is 0.979. The molecule has 0 fully saturated rings. The fraction of sp³-hybridized carbons (Fsp3) is 0.167. The van der Waals surface area contributed by atoms with Crippen molar-refractivity contribution in [3.05, 3.63) is 17.9 Å². The highest BCUT2D eigenvalue weighted by Gasteiger charge is 2.09. The molecule has 1 rings (SSSR count). The molecule has 0 aliphatic carbocycles. The highest BCUT2D eigenvalue weighted by molar-refractivity contribution is 7.79. The van der Waals surface area contributed by atoms with Gasteiger partial charge in [0.25, 0.3) is 0 Å². The molecule has 1 aromatic heterocycles. The van der Waals surface area contributed by atoms with E-state index in [2.05, 4.69) is 9.15 Å². The van der Waals surface area contributed by atoms with Crippen molar-refractivity contribution in [1.29, 1.82) is 0 Å². The molecule has 12 heavy (non-hydrogen) atoms. The summed E-state index contributed by atoms with van der Waals surface area (Å²) in [6.07, 6.45) is 1.02. The zero-order valence-electron chi connectivity index (χ0n) is 6.10. The minimum absolute atomic E-state index is 0.0803. The van der Waals surface area contributed by atoms with Crippen molar-refractivity contribution in [2.45, 2.75) is 5.09 Å². The van der Waals surface area contributed by atoms with Gasteiger partial charge in [0.1, 0.15) is 6.26 Å². The third-order valence-corrected chi connectivity index (χ3v) is 1.70. The van der Waals surface area contributed by atoms with Crippen molar-refractivity contribution in [2.75, 3.05) is 7.11 Å². The topological polar surface area (TPSA) is 79.6 Å². The number of esters is 1. The first-order chi connectivity index (χ1) is 5.65. The van der Waals surface area contributed by atoms with E-state index in [1.807, 2.05) is 0 Å². The van der Waals surface area contributed by atoms with Crippen molar-refractivity contribution in [3.63, 3.8) is 0 Å². The molecule has 0 aromatic carbocycles. The zero-order chi connectivity index (χ0) is 9.14. The lowest BCUT2D eigenvalue weighted by molar-refractivity contribution is 0.0600. The van der Waals surface area contributed by atoms with E-state index in [9.17, 15) is 13.6 Å². The Hall–Kier alpha value is -1.14. The molecule has 1 unspecified atom stereocenters. The van der Waals surface area contributed by atoms with Gasteiger partial charge in [0, 0.05) is 17.1 Å². The minimum Gasteiger partial charge on any atom is -0.766 e. The van der Waals surface area contributed by atoms with Crippen LogP contribution in [0, 0.1) is 0 Å². The van der Waals surface area contributed by atoms with E-state index in [1.165, 1.54) is 7.11 Å². The summed E-state index contributed by atoms with van der Waals surface area (Å²) < 4.78 is 29.4. The van der Waals surface area contributed by atoms with E-state index in [-0.39, 0.29) is 10.7 Å². The maximum atomic E-state index is 10.8. The monoisotopic (exact) mass is 189 g/mol. The summed E-state index contributed by atoms with van der Waals surface area (Å²) in [5, 5.41) is -0.282. The van der Waals surface area contributed by atoms with E-state index in [4.69, 9.17) is 0 Å². The number of carbonyl (C=O) groups is 1. The quantitative estimate of drug-likeness (QED) is 0.494. The van der Waals surface area contributed by atoms with Crippen LogP contribution in [0.25, 0.3) is 0 Å². The Morgan fingerprint density at radius 1 is 1.75 bits per heavy atom. The number of hydrogen-bond donors (Lipinski definition) is 0. The van der Waals surface area contributed by atoms with E-state index in [0.29, 0.717) is 0 Å². The van der Waals surface area contributed by atoms with Crippen molar-refractivity contribution in [2.24, 2.45) is 0 Å². The highest BCUT2D eigenvalue weighted by atomic mass is 32.2. The van der Waals surface area contributed by atoms with Crippen LogP contribution < -0.4 is 0 Å². The average Bonchev–Trinajstić information content (AvgIpc) is 2.51. The maximum absolute atomic E-state index is 10.8. The summed E-state index contributed by atoms with van der Waals surface area (Å²) in [7, 11) is 1.20. The molecule has 1 aromatic rings. The van der Waals surface area contributed by atoms with Gasteiger partial charge in [0.15, 0.2) is 5.09 Å². The summed E-state index contributed by atoms with van der Waals surface area (Å²) in [6, 6.07) is 1.09. The number of rotatable bonds is 2. The molecule has 0 amide bonds. The Balaban J connectivity index is 2.91. The van der Waals surface area contributed by atoms with Gasteiger partial charge in [-0.2, -0.15) is 0 Å². The van der Waals surface area contributed by atoms with Crippen LogP contribution in [-0.2, 0) is 15.8 Å². The number of carbonyl (C=O) groups excluding carboxylic acids is 1. The first kappa shape index (κ1) is 8.95. The third kappa shape index (κ3) is 1.72. The molecule has 66 valence electrons. The van der Waals surface area contributed by atoms with E-state index in [1.54, 1.807) is 0 Å². The smallest absolute Gasteiger partial charge is 0.341 e. The Kier molecular flexibility index (Phi) is 2.61. The fourth-order valence-electron chi connectivity index (χ4n) is 0.629. The highest BCUT2D eigenvalue weighted by Crippen LogP contribution is 2.11. The molecule has 0 bridgehead atoms. The lowest BCUT2D eigenvalue weighted by Gasteiger charge is -1.96. The zero-order valence-corrected chi connectivity index (χ0v) is 6.92. The summed E-state index contributed by atoms with van der Waals surface area (Å²) in [6.45, 7) is 0. The first-order valence-electron chi connectivity index (χ1n) is 2.91. The molecule has 6 heteroatoms. The van der Waals surface area contributed by atoms with Crippen LogP contribution in [0.15, 0.2) is 21.8 Å². The standard InChI is InChI=1S/C6H6O5S/c1-10-6(7)4-2-5(11-3-4)12(8)9/h2-3H,1H3,(H,8,9)/p-1. The van der Waals surface area contributed by atoms with Gasteiger partial charge in [-0.05, 0) is 0 Å². The van der Waals surface area contributed by atoms with Crippen LogP contribution in [0.5, 0.6) is 0 Å². The number of hydrogen-bond acceptors (Lipinski definition) is 5. The van der Waals surface area contributed by atoms with Crippen LogP contribution in [0.1, 0.15) is 10.4 Å². The Morgan fingerprint density at radius 2 is 2.42 bits per heavy atom. The molecule has 0 saturated carbocycles. The molecule has 0 radical (unpaired) electrons. The largest absolute Gasteiger partial charge is 0.766 e. The number of ether oxygens (including phenoxy) is 1.